The zero-order chi connectivity index (χ0) is 28.0. The predicted octanol–water partition coefficient (Wildman–Crippen LogP) is 3.89. The van der Waals surface area contributed by atoms with E-state index in [1.54, 1.807) is 57.2 Å². The van der Waals surface area contributed by atoms with Gasteiger partial charge in [-0.3, -0.25) is 18.1 Å². The summed E-state index contributed by atoms with van der Waals surface area (Å²) in [7, 11) is 1.31. The third-order valence-corrected chi connectivity index (χ3v) is 7.19. The second-order valence-corrected chi connectivity index (χ2v) is 12.4. The zero-order valence-corrected chi connectivity index (χ0v) is 23.9. The number of nitrogens with one attached hydrogen (secondary N) is 1. The van der Waals surface area contributed by atoms with Crippen molar-refractivity contribution in [3.05, 3.63) is 51.7 Å². The number of methoxy groups -OCH3 is 1. The lowest BCUT2D eigenvalue weighted by Crippen LogP contribution is -2.51. The van der Waals surface area contributed by atoms with Gasteiger partial charge in [0.15, 0.2) is 6.04 Å². The summed E-state index contributed by atoms with van der Waals surface area (Å²) in [6, 6.07) is 8.89. The Kier molecular flexibility index (Phi) is 10.4. The van der Waals surface area contributed by atoms with Crippen LogP contribution in [0.2, 0.25) is 0 Å². The molecule has 2 rings (SSSR count). The molecule has 1 N–H and O–H groups in total. The van der Waals surface area contributed by atoms with Crippen molar-refractivity contribution in [1.82, 2.24) is 5.32 Å². The van der Waals surface area contributed by atoms with Crippen LogP contribution in [0.1, 0.15) is 68.1 Å². The molecule has 9 nitrogen and oxygen atoms in total. The van der Waals surface area contributed by atoms with Crippen LogP contribution in [-0.2, 0) is 42.2 Å². The number of carbonyl (C=O) groups excluding carboxylic acids is 3. The molecule has 2 aromatic rings. The first-order valence-corrected chi connectivity index (χ1v) is 13.6. The van der Waals surface area contributed by atoms with Gasteiger partial charge in [0.1, 0.15) is 5.60 Å². The fourth-order valence-electron chi connectivity index (χ4n) is 3.35. The van der Waals surface area contributed by atoms with Crippen molar-refractivity contribution in [3.63, 3.8) is 0 Å². The van der Waals surface area contributed by atoms with Gasteiger partial charge in [-0.15, -0.1) is 11.3 Å². The lowest BCUT2D eigenvalue weighted by molar-refractivity contribution is -0.156. The molecule has 1 amide bonds. The summed E-state index contributed by atoms with van der Waals surface area (Å²) in [6.45, 7) is 10.8. The summed E-state index contributed by atoms with van der Waals surface area (Å²) in [5.74, 6) is -1.61. The van der Waals surface area contributed by atoms with Gasteiger partial charge in [-0.05, 0) is 62.4 Å². The molecule has 0 saturated heterocycles. The SMILES string of the molecule is COC(=O)CCc1ccc(C(=O)NCC(C(=O)OC(C)(C)C)N(c2ccc(C(C)(C)C)cc2)S(=O)[O-])s1. The Hall–Kier alpha value is -2.76. The van der Waals surface area contributed by atoms with Crippen molar-refractivity contribution < 1.29 is 32.6 Å². The van der Waals surface area contributed by atoms with Gasteiger partial charge in [-0.2, -0.15) is 0 Å². The lowest BCUT2D eigenvalue weighted by Gasteiger charge is -2.35. The average molecular weight is 552 g/mol. The van der Waals surface area contributed by atoms with E-state index in [-0.39, 0.29) is 30.0 Å². The van der Waals surface area contributed by atoms with Crippen LogP contribution < -0.4 is 9.62 Å². The summed E-state index contributed by atoms with van der Waals surface area (Å²) in [4.78, 5) is 38.5. The molecule has 0 bridgehead atoms. The van der Waals surface area contributed by atoms with E-state index in [1.165, 1.54) is 18.4 Å². The first-order valence-electron chi connectivity index (χ1n) is 11.8. The Labute approximate surface area is 225 Å². The van der Waals surface area contributed by atoms with E-state index in [0.29, 0.717) is 11.3 Å². The molecule has 0 fully saturated rings. The second kappa shape index (κ2) is 12.7. The van der Waals surface area contributed by atoms with E-state index in [0.717, 1.165) is 14.7 Å². The highest BCUT2D eigenvalue weighted by molar-refractivity contribution is 7.80. The van der Waals surface area contributed by atoms with E-state index in [1.807, 2.05) is 20.8 Å². The van der Waals surface area contributed by atoms with E-state index >= 15 is 0 Å². The number of hydrogen-bond donors (Lipinski definition) is 1. The maximum atomic E-state index is 13.1. The van der Waals surface area contributed by atoms with Crippen molar-refractivity contribution in [1.29, 1.82) is 0 Å². The number of nitrogens with zero attached hydrogens (tertiary/aromatic N) is 1. The standard InChI is InChI=1S/C26H36N2O7S2/c1-25(2,3)17-8-10-18(11-9-17)28(37(32)33)20(24(31)35-26(4,5)6)16-27-23(30)21-14-12-19(36-21)13-15-22(29)34-7/h8-12,14,20H,13,15-16H2,1-7H3,(H,27,30)(H,32,33)/p-1. The van der Waals surface area contributed by atoms with E-state index in [4.69, 9.17) is 4.74 Å². The third-order valence-electron chi connectivity index (χ3n) is 5.25. The molecule has 11 heteroatoms. The zero-order valence-electron chi connectivity index (χ0n) is 22.3. The topological polar surface area (TPSA) is 125 Å². The van der Waals surface area contributed by atoms with E-state index in [2.05, 4.69) is 10.1 Å². The minimum atomic E-state index is -2.83. The molecule has 0 spiro atoms. The van der Waals surface area contributed by atoms with Gasteiger partial charge < -0.3 is 19.3 Å². The summed E-state index contributed by atoms with van der Waals surface area (Å²) in [5, 5.41) is 2.66. The minimum Gasteiger partial charge on any atom is -0.755 e. The number of anilines is 1. The summed E-state index contributed by atoms with van der Waals surface area (Å²) in [6.07, 6.45) is 0.621. The Morgan fingerprint density at radius 1 is 1.05 bits per heavy atom. The largest absolute Gasteiger partial charge is 0.755 e. The van der Waals surface area contributed by atoms with Crippen LogP contribution in [0.3, 0.4) is 0 Å². The molecule has 1 heterocycles. The van der Waals surface area contributed by atoms with Crippen LogP contribution in [0.25, 0.3) is 0 Å². The molecule has 0 aliphatic heterocycles. The number of benzene rings is 1. The van der Waals surface area contributed by atoms with Crippen molar-refractivity contribution in [2.45, 2.75) is 71.4 Å². The average Bonchev–Trinajstić information content (AvgIpc) is 3.27. The van der Waals surface area contributed by atoms with Gasteiger partial charge in [0, 0.05) is 21.8 Å². The highest BCUT2D eigenvalue weighted by Gasteiger charge is 2.33. The summed E-state index contributed by atoms with van der Waals surface area (Å²) >= 11 is -1.63. The van der Waals surface area contributed by atoms with Gasteiger partial charge >= 0.3 is 11.9 Å². The summed E-state index contributed by atoms with van der Waals surface area (Å²) < 4.78 is 35.7. The van der Waals surface area contributed by atoms with Crippen molar-refractivity contribution in [2.24, 2.45) is 0 Å². The van der Waals surface area contributed by atoms with Crippen molar-refractivity contribution in [3.8, 4) is 0 Å². The van der Waals surface area contributed by atoms with Crippen LogP contribution in [0.5, 0.6) is 0 Å². The maximum absolute atomic E-state index is 13.1. The predicted molar refractivity (Wildman–Crippen MR) is 143 cm³/mol. The van der Waals surface area contributed by atoms with Crippen LogP contribution in [0.15, 0.2) is 36.4 Å². The van der Waals surface area contributed by atoms with E-state index < -0.39 is 34.8 Å². The van der Waals surface area contributed by atoms with Gasteiger partial charge in [0.2, 0.25) is 0 Å². The molecule has 0 aliphatic rings. The Bertz CT molecular complexity index is 1120. The number of ether oxygens (including phenoxy) is 2. The summed E-state index contributed by atoms with van der Waals surface area (Å²) in [5.41, 5.74) is 0.256. The number of aryl methyl sites for hydroxylation is 1. The molecular formula is C26H35N2O7S2-. The number of esters is 2. The third kappa shape index (κ3) is 9.24. The number of amides is 1. The normalized spacial score (nSPS) is 13.4. The molecular weight excluding hydrogens is 516 g/mol. The first-order chi connectivity index (χ1) is 17.1. The van der Waals surface area contributed by atoms with Crippen LogP contribution in [0.4, 0.5) is 5.69 Å². The quantitative estimate of drug-likeness (QED) is 0.351. The number of thiophene rings is 1. The molecule has 1 aromatic heterocycles. The van der Waals surface area contributed by atoms with Crippen molar-refractivity contribution in [2.75, 3.05) is 18.0 Å². The molecule has 204 valence electrons. The fraction of sp³-hybridized carbons (Fsp3) is 0.500. The maximum Gasteiger partial charge on any atom is 0.332 e. The molecule has 0 saturated carbocycles. The van der Waals surface area contributed by atoms with Gasteiger partial charge in [0.25, 0.3) is 5.91 Å². The Balaban J connectivity index is 2.27. The molecule has 1 aromatic carbocycles. The smallest absolute Gasteiger partial charge is 0.332 e. The highest BCUT2D eigenvalue weighted by Crippen LogP contribution is 2.27. The molecule has 0 radical (unpaired) electrons. The Morgan fingerprint density at radius 3 is 2.19 bits per heavy atom. The molecule has 0 aliphatic carbocycles. The molecule has 2 atom stereocenters. The van der Waals surface area contributed by atoms with Gasteiger partial charge in [0.05, 0.1) is 25.0 Å². The van der Waals surface area contributed by atoms with Crippen LogP contribution >= 0.6 is 11.3 Å². The second-order valence-electron chi connectivity index (χ2n) is 10.4. The number of carbonyl (C=O) groups is 3. The van der Waals surface area contributed by atoms with Crippen LogP contribution in [-0.4, -0.2) is 51.9 Å². The van der Waals surface area contributed by atoms with Gasteiger partial charge in [-0.1, -0.05) is 32.9 Å². The van der Waals surface area contributed by atoms with E-state index in [9.17, 15) is 23.1 Å². The first kappa shape index (κ1) is 30.5. The fourth-order valence-corrected chi connectivity index (χ4v) is 4.93. The Morgan fingerprint density at radius 2 is 1.68 bits per heavy atom. The molecule has 37 heavy (non-hydrogen) atoms. The monoisotopic (exact) mass is 551 g/mol. The minimum absolute atomic E-state index is 0.144. The van der Waals surface area contributed by atoms with Crippen LogP contribution in [0, 0.1) is 0 Å². The lowest BCUT2D eigenvalue weighted by atomic mass is 9.87. The number of hydrogen-bond acceptors (Lipinski definition) is 8. The molecule has 2 unspecified atom stereocenters. The van der Waals surface area contributed by atoms with Crippen molar-refractivity contribution >= 4 is 46.1 Å². The van der Waals surface area contributed by atoms with Gasteiger partial charge in [-0.25, -0.2) is 4.79 Å². The number of rotatable bonds is 10. The highest BCUT2D eigenvalue weighted by atomic mass is 32.2.